The summed E-state index contributed by atoms with van der Waals surface area (Å²) in [6.07, 6.45) is 0.468. The van der Waals surface area contributed by atoms with E-state index in [1.165, 1.54) is 12.0 Å². The highest BCUT2D eigenvalue weighted by Gasteiger charge is 2.20. The van der Waals surface area contributed by atoms with Gasteiger partial charge in [0.05, 0.1) is 7.11 Å². The predicted octanol–water partition coefficient (Wildman–Crippen LogP) is 3.24. The minimum Gasteiger partial charge on any atom is -0.468 e. The van der Waals surface area contributed by atoms with Crippen LogP contribution in [0.1, 0.15) is 23.4 Å². The van der Waals surface area contributed by atoms with E-state index in [1.807, 2.05) is 48.0 Å². The van der Waals surface area contributed by atoms with Gasteiger partial charge >= 0.3 is 5.97 Å². The van der Waals surface area contributed by atoms with Gasteiger partial charge in [-0.3, -0.25) is 9.59 Å². The molecule has 2 heterocycles. The molecule has 7 nitrogen and oxygen atoms in total. The van der Waals surface area contributed by atoms with Gasteiger partial charge in [-0.25, -0.2) is 0 Å². The number of nitrogens with zero attached hydrogens (tertiary/aromatic N) is 3. The molecule has 0 aliphatic carbocycles. The Kier molecular flexibility index (Phi) is 6.54. The van der Waals surface area contributed by atoms with Gasteiger partial charge in [0.1, 0.15) is 6.54 Å². The molecule has 0 saturated carbocycles. The van der Waals surface area contributed by atoms with E-state index in [4.69, 9.17) is 9.15 Å². The average Bonchev–Trinajstić information content (AvgIpc) is 3.38. The maximum absolute atomic E-state index is 12.7. The van der Waals surface area contributed by atoms with Crippen molar-refractivity contribution in [1.82, 2.24) is 15.1 Å². The number of carbonyl (C=O) groups is 2. The van der Waals surface area contributed by atoms with Gasteiger partial charge in [0.2, 0.25) is 17.7 Å². The van der Waals surface area contributed by atoms with E-state index in [0.717, 1.165) is 16.7 Å². The fourth-order valence-corrected chi connectivity index (χ4v) is 3.30. The summed E-state index contributed by atoms with van der Waals surface area (Å²) in [5, 5.41) is 11.9. The van der Waals surface area contributed by atoms with E-state index in [-0.39, 0.29) is 18.9 Å². The van der Waals surface area contributed by atoms with Crippen LogP contribution in [0.4, 0.5) is 0 Å². The molecule has 0 fully saturated rings. The lowest BCUT2D eigenvalue weighted by Gasteiger charge is -2.22. The van der Waals surface area contributed by atoms with E-state index >= 15 is 0 Å². The van der Waals surface area contributed by atoms with Gasteiger partial charge in [-0.1, -0.05) is 24.3 Å². The number of aromatic nitrogens is 2. The molecule has 0 aliphatic heterocycles. The number of methoxy groups -OCH3 is 1. The van der Waals surface area contributed by atoms with Crippen LogP contribution in [0.15, 0.2) is 45.5 Å². The Morgan fingerprint density at radius 3 is 2.75 bits per heavy atom. The molecule has 0 saturated heterocycles. The van der Waals surface area contributed by atoms with Gasteiger partial charge in [-0.15, -0.1) is 10.2 Å². The third kappa shape index (κ3) is 5.04. The Hall–Kier alpha value is -3.00. The molecule has 1 aromatic carbocycles. The second-order valence-corrected chi connectivity index (χ2v) is 7.05. The molecule has 28 heavy (non-hydrogen) atoms. The summed E-state index contributed by atoms with van der Waals surface area (Å²) in [7, 11) is 1.31. The fourth-order valence-electron chi connectivity index (χ4n) is 2.68. The third-order valence-corrected chi connectivity index (χ3v) is 4.99. The summed E-state index contributed by atoms with van der Waals surface area (Å²) >= 11 is 1.54. The molecule has 1 amide bonds. The van der Waals surface area contributed by atoms with Crippen molar-refractivity contribution in [3.05, 3.63) is 58.1 Å². The fraction of sp³-hybridized carbons (Fsp3) is 0.300. The third-order valence-electron chi connectivity index (χ3n) is 4.31. The van der Waals surface area contributed by atoms with Crippen molar-refractivity contribution in [3.63, 3.8) is 0 Å². The zero-order valence-corrected chi connectivity index (χ0v) is 16.6. The van der Waals surface area contributed by atoms with Crippen molar-refractivity contribution in [3.8, 4) is 11.5 Å². The summed E-state index contributed by atoms with van der Waals surface area (Å²) in [4.78, 5) is 26.0. The van der Waals surface area contributed by atoms with Gasteiger partial charge in [-0.2, -0.15) is 11.3 Å². The Morgan fingerprint density at radius 2 is 2.04 bits per heavy atom. The van der Waals surface area contributed by atoms with Crippen LogP contribution < -0.4 is 0 Å². The van der Waals surface area contributed by atoms with E-state index in [9.17, 15) is 9.59 Å². The Balaban J connectivity index is 1.65. The van der Waals surface area contributed by atoms with Crippen molar-refractivity contribution < 1.29 is 18.7 Å². The molecule has 3 rings (SSSR count). The summed E-state index contributed by atoms with van der Waals surface area (Å²) in [6, 6.07) is 9.66. The largest absolute Gasteiger partial charge is 0.468 e. The first kappa shape index (κ1) is 19.8. The Morgan fingerprint density at radius 1 is 1.21 bits per heavy atom. The van der Waals surface area contributed by atoms with E-state index in [1.54, 1.807) is 11.3 Å². The number of hydrogen-bond donors (Lipinski definition) is 0. The lowest BCUT2D eigenvalue weighted by atomic mass is 10.1. The van der Waals surface area contributed by atoms with Crippen molar-refractivity contribution in [1.29, 1.82) is 0 Å². The van der Waals surface area contributed by atoms with Crippen molar-refractivity contribution in [2.45, 2.75) is 26.3 Å². The monoisotopic (exact) mass is 399 g/mol. The van der Waals surface area contributed by atoms with E-state index < -0.39 is 5.97 Å². The van der Waals surface area contributed by atoms with Gasteiger partial charge in [0.15, 0.2) is 0 Å². The number of ether oxygens (including phenoxy) is 1. The topological polar surface area (TPSA) is 85.5 Å². The molecule has 0 N–H and O–H groups in total. The van der Waals surface area contributed by atoms with Crippen LogP contribution in [0, 0.1) is 6.92 Å². The van der Waals surface area contributed by atoms with Gasteiger partial charge < -0.3 is 14.1 Å². The maximum Gasteiger partial charge on any atom is 0.325 e. The average molecular weight is 399 g/mol. The highest BCUT2D eigenvalue weighted by molar-refractivity contribution is 7.08. The minimum absolute atomic E-state index is 0.104. The first-order chi connectivity index (χ1) is 13.6. The number of aryl methyl sites for hydroxylation is 2. The normalized spacial score (nSPS) is 10.6. The highest BCUT2D eigenvalue weighted by Crippen LogP contribution is 2.21. The number of thiophene rings is 1. The van der Waals surface area contributed by atoms with Crippen LogP contribution in [0.2, 0.25) is 0 Å². The molecular weight excluding hydrogens is 378 g/mol. The summed E-state index contributed by atoms with van der Waals surface area (Å²) in [5.41, 5.74) is 2.90. The van der Waals surface area contributed by atoms with Crippen molar-refractivity contribution in [2.75, 3.05) is 13.7 Å². The van der Waals surface area contributed by atoms with Crippen LogP contribution in [-0.4, -0.2) is 40.6 Å². The number of rotatable bonds is 8. The van der Waals surface area contributed by atoms with Crippen molar-refractivity contribution in [2.24, 2.45) is 0 Å². The number of hydrogen-bond acceptors (Lipinski definition) is 7. The summed E-state index contributed by atoms with van der Waals surface area (Å²) in [5.74, 6) is 0.196. The van der Waals surface area contributed by atoms with Crippen LogP contribution >= 0.6 is 11.3 Å². The molecule has 0 bridgehead atoms. The molecular formula is C20H21N3O4S. The van der Waals surface area contributed by atoms with E-state index in [0.29, 0.717) is 24.7 Å². The van der Waals surface area contributed by atoms with Crippen molar-refractivity contribution >= 4 is 23.2 Å². The number of amides is 1. The Bertz CT molecular complexity index is 937. The van der Waals surface area contributed by atoms with Gasteiger partial charge in [0, 0.05) is 30.3 Å². The van der Waals surface area contributed by atoms with Crippen LogP contribution in [0.5, 0.6) is 0 Å². The smallest absolute Gasteiger partial charge is 0.325 e. The maximum atomic E-state index is 12.7. The molecule has 3 aromatic rings. The van der Waals surface area contributed by atoms with E-state index in [2.05, 4.69) is 10.2 Å². The molecule has 0 spiro atoms. The highest BCUT2D eigenvalue weighted by atomic mass is 32.1. The number of esters is 1. The lowest BCUT2D eigenvalue weighted by molar-refractivity contribution is -0.147. The molecule has 0 atom stereocenters. The standard InChI is InChI=1S/C20H21N3O4S/c1-14-5-3-4-6-15(14)11-23(12-19(25)26-2)18(24)8-7-17-21-22-20(27-17)16-9-10-28-13-16/h3-6,9-10,13H,7-8,11-12H2,1-2H3. The molecule has 146 valence electrons. The second kappa shape index (κ2) is 9.27. The zero-order valence-electron chi connectivity index (χ0n) is 15.8. The van der Waals surface area contributed by atoms with Crippen LogP contribution in [-0.2, 0) is 27.3 Å². The van der Waals surface area contributed by atoms with Gasteiger partial charge in [-0.05, 0) is 29.5 Å². The van der Waals surface area contributed by atoms with Crippen LogP contribution in [0.3, 0.4) is 0 Å². The minimum atomic E-state index is -0.459. The molecule has 0 radical (unpaired) electrons. The number of carbonyl (C=O) groups excluding carboxylic acids is 2. The predicted molar refractivity (Wildman–Crippen MR) is 105 cm³/mol. The summed E-state index contributed by atoms with van der Waals surface area (Å²) < 4.78 is 10.4. The number of benzene rings is 1. The second-order valence-electron chi connectivity index (χ2n) is 6.27. The molecule has 8 heteroatoms. The van der Waals surface area contributed by atoms with Gasteiger partial charge in [0.25, 0.3) is 0 Å². The lowest BCUT2D eigenvalue weighted by Crippen LogP contribution is -2.36. The molecule has 0 aliphatic rings. The van der Waals surface area contributed by atoms with Crippen LogP contribution in [0.25, 0.3) is 11.5 Å². The Labute approximate surface area is 167 Å². The first-order valence-corrected chi connectivity index (χ1v) is 9.75. The molecule has 0 unspecified atom stereocenters. The quantitative estimate of drug-likeness (QED) is 0.541. The zero-order chi connectivity index (χ0) is 19.9. The first-order valence-electron chi connectivity index (χ1n) is 8.81. The SMILES string of the molecule is COC(=O)CN(Cc1ccccc1C)C(=O)CCc1nnc(-c2ccsc2)o1. The molecule has 2 aromatic heterocycles. The summed E-state index contributed by atoms with van der Waals surface area (Å²) in [6.45, 7) is 2.21.